The van der Waals surface area contributed by atoms with E-state index in [-0.39, 0.29) is 0 Å². The van der Waals surface area contributed by atoms with Crippen molar-refractivity contribution in [2.45, 2.75) is 33.2 Å². The lowest BCUT2D eigenvalue weighted by Gasteiger charge is -2.13. The summed E-state index contributed by atoms with van der Waals surface area (Å²) in [7, 11) is 1.99. The molecule has 1 aromatic rings. The van der Waals surface area contributed by atoms with E-state index in [1.54, 1.807) is 0 Å². The van der Waals surface area contributed by atoms with Gasteiger partial charge in [-0.1, -0.05) is 37.6 Å². The van der Waals surface area contributed by atoms with Gasteiger partial charge < -0.3 is 5.32 Å². The number of rotatable bonds is 3. The van der Waals surface area contributed by atoms with Crippen molar-refractivity contribution in [1.29, 1.82) is 0 Å². The van der Waals surface area contributed by atoms with Crippen molar-refractivity contribution in [3.05, 3.63) is 34.9 Å². The predicted molar refractivity (Wildman–Crippen MR) is 58.0 cm³/mol. The molecule has 72 valence electrons. The van der Waals surface area contributed by atoms with E-state index < -0.39 is 0 Å². The molecule has 0 aliphatic rings. The molecule has 0 heterocycles. The zero-order chi connectivity index (χ0) is 9.84. The van der Waals surface area contributed by atoms with Gasteiger partial charge in [0.2, 0.25) is 0 Å². The van der Waals surface area contributed by atoms with Gasteiger partial charge in [-0.05, 0) is 31.0 Å². The fraction of sp³-hybridized carbons (Fsp3) is 0.500. The number of hydrogen-bond donors (Lipinski definition) is 1. The summed E-state index contributed by atoms with van der Waals surface area (Å²) in [5, 5.41) is 3.21. The molecule has 1 nitrogen and oxygen atoms in total. The smallest absolute Gasteiger partial charge is 0.0205 e. The second-order valence-electron chi connectivity index (χ2n) is 3.89. The predicted octanol–water partition coefficient (Wildman–Crippen LogP) is 2.84. The van der Waals surface area contributed by atoms with Crippen molar-refractivity contribution in [2.24, 2.45) is 0 Å². The average Bonchev–Trinajstić information content (AvgIpc) is 2.04. The molecular formula is C12H19N. The first-order valence-electron chi connectivity index (χ1n) is 4.89. The molecule has 0 radical (unpaired) electrons. The van der Waals surface area contributed by atoms with E-state index in [9.17, 15) is 0 Å². The highest BCUT2D eigenvalue weighted by Crippen LogP contribution is 2.20. The molecule has 1 N–H and O–H groups in total. The van der Waals surface area contributed by atoms with Crippen molar-refractivity contribution in [1.82, 2.24) is 5.32 Å². The van der Waals surface area contributed by atoms with E-state index in [1.165, 1.54) is 16.7 Å². The van der Waals surface area contributed by atoms with Gasteiger partial charge in [0.05, 0.1) is 0 Å². The molecule has 1 rings (SSSR count). The summed E-state index contributed by atoms with van der Waals surface area (Å²) in [5.41, 5.74) is 4.23. The maximum Gasteiger partial charge on any atom is 0.0205 e. The first-order valence-corrected chi connectivity index (χ1v) is 4.89. The Balaban J connectivity index is 3.03. The van der Waals surface area contributed by atoms with Crippen LogP contribution in [0.15, 0.2) is 18.2 Å². The molecule has 0 unspecified atom stereocenters. The molecule has 1 aromatic carbocycles. The Labute approximate surface area is 81.2 Å². The summed E-state index contributed by atoms with van der Waals surface area (Å²) < 4.78 is 0. The number of nitrogens with one attached hydrogen (secondary N) is 1. The van der Waals surface area contributed by atoms with Crippen LogP contribution >= 0.6 is 0 Å². The van der Waals surface area contributed by atoms with Crippen molar-refractivity contribution in [3.8, 4) is 0 Å². The van der Waals surface area contributed by atoms with Crippen molar-refractivity contribution < 1.29 is 0 Å². The minimum atomic E-state index is 0.615. The monoisotopic (exact) mass is 177 g/mol. The summed E-state index contributed by atoms with van der Waals surface area (Å²) in [4.78, 5) is 0. The molecule has 13 heavy (non-hydrogen) atoms. The summed E-state index contributed by atoms with van der Waals surface area (Å²) in [6.45, 7) is 7.59. The average molecular weight is 177 g/mol. The quantitative estimate of drug-likeness (QED) is 0.748. The Morgan fingerprint density at radius 3 is 2.54 bits per heavy atom. The number of hydrogen-bond acceptors (Lipinski definition) is 1. The van der Waals surface area contributed by atoms with E-state index in [0.29, 0.717) is 5.92 Å². The van der Waals surface area contributed by atoms with Crippen LogP contribution in [0.2, 0.25) is 0 Å². The van der Waals surface area contributed by atoms with Gasteiger partial charge in [0.15, 0.2) is 0 Å². The van der Waals surface area contributed by atoms with Crippen LogP contribution in [0.5, 0.6) is 0 Å². The fourth-order valence-electron chi connectivity index (χ4n) is 1.64. The Morgan fingerprint density at radius 1 is 1.31 bits per heavy atom. The summed E-state index contributed by atoms with van der Waals surface area (Å²) in [6.07, 6.45) is 0. The zero-order valence-electron chi connectivity index (χ0n) is 9.02. The van der Waals surface area contributed by atoms with Gasteiger partial charge in [0.25, 0.3) is 0 Å². The topological polar surface area (TPSA) is 12.0 Å². The Kier molecular flexibility index (Phi) is 3.49. The molecule has 0 saturated carbocycles. The Hall–Kier alpha value is -0.820. The maximum atomic E-state index is 3.21. The lowest BCUT2D eigenvalue weighted by molar-refractivity contribution is 0.774. The molecular weight excluding hydrogens is 158 g/mol. The lowest BCUT2D eigenvalue weighted by atomic mass is 9.95. The standard InChI is InChI=1S/C12H19N/c1-9(2)12-6-5-10(3)7-11(12)8-13-4/h5-7,9,13H,8H2,1-4H3. The molecule has 0 bridgehead atoms. The molecule has 1 heteroatoms. The Morgan fingerprint density at radius 2 is 2.00 bits per heavy atom. The van der Waals surface area contributed by atoms with Gasteiger partial charge in [-0.25, -0.2) is 0 Å². The maximum absolute atomic E-state index is 3.21. The SMILES string of the molecule is CNCc1cc(C)ccc1C(C)C. The van der Waals surface area contributed by atoms with Gasteiger partial charge in [0, 0.05) is 6.54 Å². The van der Waals surface area contributed by atoms with E-state index in [0.717, 1.165) is 6.54 Å². The van der Waals surface area contributed by atoms with Crippen molar-refractivity contribution >= 4 is 0 Å². The molecule has 0 aromatic heterocycles. The largest absolute Gasteiger partial charge is 0.316 e. The van der Waals surface area contributed by atoms with Crippen LogP contribution in [-0.2, 0) is 6.54 Å². The molecule has 0 saturated heterocycles. The molecule has 0 amide bonds. The normalized spacial score (nSPS) is 10.8. The Bertz CT molecular complexity index is 276. The summed E-state index contributed by atoms with van der Waals surface area (Å²) >= 11 is 0. The number of benzene rings is 1. The zero-order valence-corrected chi connectivity index (χ0v) is 9.02. The van der Waals surface area contributed by atoms with Crippen molar-refractivity contribution in [2.75, 3.05) is 7.05 Å². The van der Waals surface area contributed by atoms with E-state index >= 15 is 0 Å². The van der Waals surface area contributed by atoms with Crippen LogP contribution in [0.25, 0.3) is 0 Å². The highest BCUT2D eigenvalue weighted by Gasteiger charge is 2.05. The van der Waals surface area contributed by atoms with Crippen LogP contribution < -0.4 is 5.32 Å². The van der Waals surface area contributed by atoms with Crippen LogP contribution in [0, 0.1) is 6.92 Å². The van der Waals surface area contributed by atoms with E-state index in [4.69, 9.17) is 0 Å². The van der Waals surface area contributed by atoms with Crippen LogP contribution in [-0.4, -0.2) is 7.05 Å². The van der Waals surface area contributed by atoms with Gasteiger partial charge >= 0.3 is 0 Å². The fourth-order valence-corrected chi connectivity index (χ4v) is 1.64. The van der Waals surface area contributed by atoms with Gasteiger partial charge in [-0.15, -0.1) is 0 Å². The third-order valence-electron chi connectivity index (χ3n) is 2.29. The molecule has 0 aliphatic carbocycles. The highest BCUT2D eigenvalue weighted by atomic mass is 14.8. The second-order valence-corrected chi connectivity index (χ2v) is 3.89. The van der Waals surface area contributed by atoms with E-state index in [1.807, 2.05) is 7.05 Å². The van der Waals surface area contributed by atoms with E-state index in [2.05, 4.69) is 44.3 Å². The minimum Gasteiger partial charge on any atom is -0.316 e. The van der Waals surface area contributed by atoms with Gasteiger partial charge in [-0.3, -0.25) is 0 Å². The van der Waals surface area contributed by atoms with Crippen LogP contribution in [0.3, 0.4) is 0 Å². The first-order chi connectivity index (χ1) is 6.15. The third kappa shape index (κ3) is 2.56. The molecule has 0 spiro atoms. The summed E-state index contributed by atoms with van der Waals surface area (Å²) in [5.74, 6) is 0.615. The summed E-state index contributed by atoms with van der Waals surface area (Å²) in [6, 6.07) is 6.70. The molecule has 0 fully saturated rings. The third-order valence-corrected chi connectivity index (χ3v) is 2.29. The highest BCUT2D eigenvalue weighted by molar-refractivity contribution is 5.33. The van der Waals surface area contributed by atoms with Gasteiger partial charge in [-0.2, -0.15) is 0 Å². The van der Waals surface area contributed by atoms with Crippen molar-refractivity contribution in [3.63, 3.8) is 0 Å². The molecule has 0 atom stereocenters. The van der Waals surface area contributed by atoms with Gasteiger partial charge in [0.1, 0.15) is 0 Å². The van der Waals surface area contributed by atoms with Crippen LogP contribution in [0.4, 0.5) is 0 Å². The number of aryl methyl sites for hydroxylation is 1. The lowest BCUT2D eigenvalue weighted by Crippen LogP contribution is -2.08. The first kappa shape index (κ1) is 10.3. The van der Waals surface area contributed by atoms with Crippen LogP contribution in [0.1, 0.15) is 36.5 Å². The molecule has 0 aliphatic heterocycles. The second kappa shape index (κ2) is 4.43. The minimum absolute atomic E-state index is 0.615.